The maximum atomic E-state index is 12.7. The first kappa shape index (κ1) is 18.0. The van der Waals surface area contributed by atoms with Crippen LogP contribution in [-0.2, 0) is 11.0 Å². The predicted molar refractivity (Wildman–Crippen MR) is 84.7 cm³/mol. The van der Waals surface area contributed by atoms with Crippen LogP contribution < -0.4 is 10.6 Å². The average Bonchev–Trinajstić information content (AvgIpc) is 2.55. The largest absolute Gasteiger partial charge is 0.416 e. The Hall–Kier alpha value is -3.34. The zero-order chi connectivity index (χ0) is 18.4. The number of halogens is 3. The Bertz CT molecular complexity index is 824. The number of anilines is 2. The topological polar surface area (TPSA) is 82.0 Å². The third-order valence-electron chi connectivity index (χ3n) is 3.12. The number of amides is 2. The zero-order valence-electron chi connectivity index (χ0n) is 12.7. The Kier molecular flexibility index (Phi) is 5.39. The van der Waals surface area contributed by atoms with Gasteiger partial charge in [-0.25, -0.2) is 0 Å². The van der Waals surface area contributed by atoms with Crippen molar-refractivity contribution in [1.29, 1.82) is 5.26 Å². The molecule has 2 aromatic carbocycles. The molecule has 0 aliphatic rings. The highest BCUT2D eigenvalue weighted by Crippen LogP contribution is 2.30. The molecule has 0 unspecified atom stereocenters. The van der Waals surface area contributed by atoms with Crippen LogP contribution in [-0.4, -0.2) is 11.8 Å². The second-order valence-electron chi connectivity index (χ2n) is 4.99. The second kappa shape index (κ2) is 7.49. The number of alkyl halides is 3. The van der Waals surface area contributed by atoms with Crippen LogP contribution in [0, 0.1) is 11.3 Å². The number of hydrogen-bond donors (Lipinski definition) is 2. The van der Waals surface area contributed by atoms with E-state index in [4.69, 9.17) is 5.26 Å². The van der Waals surface area contributed by atoms with E-state index in [2.05, 4.69) is 10.6 Å². The molecule has 2 rings (SSSR count). The summed E-state index contributed by atoms with van der Waals surface area (Å²) in [5, 5.41) is 13.3. The minimum absolute atomic E-state index is 0.0197. The Labute approximate surface area is 141 Å². The molecule has 0 bridgehead atoms. The Balaban J connectivity index is 2.06. The molecule has 2 N–H and O–H groups in total. The first-order valence-corrected chi connectivity index (χ1v) is 7.05. The van der Waals surface area contributed by atoms with Crippen LogP contribution in [0.3, 0.4) is 0 Å². The lowest BCUT2D eigenvalue weighted by Crippen LogP contribution is -2.14. The summed E-state index contributed by atoms with van der Waals surface area (Å²) in [5.41, 5.74) is -0.237. The summed E-state index contributed by atoms with van der Waals surface area (Å²) < 4.78 is 38.0. The fourth-order valence-corrected chi connectivity index (χ4v) is 1.96. The van der Waals surface area contributed by atoms with E-state index >= 15 is 0 Å². The van der Waals surface area contributed by atoms with Gasteiger partial charge in [0, 0.05) is 16.9 Å². The molecule has 0 heterocycles. The Morgan fingerprint density at radius 3 is 2.28 bits per heavy atom. The van der Waals surface area contributed by atoms with Gasteiger partial charge in [-0.2, -0.15) is 18.4 Å². The standard InChI is InChI=1S/C17H12F3N3O2/c18-17(19,20)12-2-1-3-14(10-12)23-16(25)11-4-6-13(7-5-11)22-15(24)8-9-21/h1-7,10H,8H2,(H,22,24)(H,23,25). The number of carbonyl (C=O) groups is 2. The van der Waals surface area contributed by atoms with E-state index in [0.29, 0.717) is 5.69 Å². The summed E-state index contributed by atoms with van der Waals surface area (Å²) in [6, 6.07) is 11.7. The van der Waals surface area contributed by atoms with Crippen LogP contribution in [0.25, 0.3) is 0 Å². The van der Waals surface area contributed by atoms with E-state index in [-0.39, 0.29) is 17.7 Å². The molecule has 0 radical (unpaired) electrons. The van der Waals surface area contributed by atoms with Crippen LogP contribution in [0.5, 0.6) is 0 Å². The van der Waals surface area contributed by atoms with Crippen molar-refractivity contribution in [3.05, 3.63) is 59.7 Å². The summed E-state index contributed by atoms with van der Waals surface area (Å²) in [6.07, 6.45) is -4.79. The van der Waals surface area contributed by atoms with Crippen molar-refractivity contribution in [2.45, 2.75) is 12.6 Å². The molecule has 0 fully saturated rings. The lowest BCUT2D eigenvalue weighted by atomic mass is 10.1. The summed E-state index contributed by atoms with van der Waals surface area (Å²) in [7, 11) is 0. The number of nitriles is 1. The van der Waals surface area contributed by atoms with Crippen molar-refractivity contribution in [2.24, 2.45) is 0 Å². The van der Waals surface area contributed by atoms with Crippen molar-refractivity contribution in [3.63, 3.8) is 0 Å². The molecule has 2 amide bonds. The van der Waals surface area contributed by atoms with Crippen LogP contribution in [0.4, 0.5) is 24.5 Å². The van der Waals surface area contributed by atoms with Gasteiger partial charge in [0.25, 0.3) is 5.91 Å². The first-order valence-electron chi connectivity index (χ1n) is 7.05. The van der Waals surface area contributed by atoms with Gasteiger partial charge in [0.05, 0.1) is 11.6 Å². The van der Waals surface area contributed by atoms with E-state index in [1.54, 1.807) is 6.07 Å². The molecule has 25 heavy (non-hydrogen) atoms. The van der Waals surface area contributed by atoms with Gasteiger partial charge in [-0.05, 0) is 42.5 Å². The molecule has 0 saturated carbocycles. The van der Waals surface area contributed by atoms with Crippen LogP contribution >= 0.6 is 0 Å². The molecule has 0 spiro atoms. The first-order chi connectivity index (χ1) is 11.8. The van der Waals surface area contributed by atoms with Gasteiger partial charge in [0.2, 0.25) is 5.91 Å². The van der Waals surface area contributed by atoms with Gasteiger partial charge in [-0.1, -0.05) is 6.07 Å². The molecule has 0 atom stereocenters. The quantitative estimate of drug-likeness (QED) is 0.882. The van der Waals surface area contributed by atoms with Crippen LogP contribution in [0.1, 0.15) is 22.3 Å². The number of nitrogens with one attached hydrogen (secondary N) is 2. The lowest BCUT2D eigenvalue weighted by Gasteiger charge is -2.10. The summed E-state index contributed by atoms with van der Waals surface area (Å²) in [4.78, 5) is 23.4. The van der Waals surface area contributed by atoms with E-state index in [9.17, 15) is 22.8 Å². The normalized spacial score (nSPS) is 10.6. The van der Waals surface area contributed by atoms with E-state index in [1.807, 2.05) is 0 Å². The van der Waals surface area contributed by atoms with Crippen molar-refractivity contribution < 1.29 is 22.8 Å². The number of benzene rings is 2. The molecular weight excluding hydrogens is 335 g/mol. The number of hydrogen-bond acceptors (Lipinski definition) is 3. The van der Waals surface area contributed by atoms with Gasteiger partial charge in [0.15, 0.2) is 0 Å². The average molecular weight is 347 g/mol. The van der Waals surface area contributed by atoms with Crippen molar-refractivity contribution in [3.8, 4) is 6.07 Å². The lowest BCUT2D eigenvalue weighted by molar-refractivity contribution is -0.137. The maximum Gasteiger partial charge on any atom is 0.416 e. The van der Waals surface area contributed by atoms with Crippen molar-refractivity contribution in [1.82, 2.24) is 0 Å². The molecular formula is C17H12F3N3O2. The molecule has 5 nitrogen and oxygen atoms in total. The summed E-state index contributed by atoms with van der Waals surface area (Å²) in [6.45, 7) is 0. The summed E-state index contributed by atoms with van der Waals surface area (Å²) in [5.74, 6) is -1.07. The van der Waals surface area contributed by atoms with E-state index < -0.39 is 23.6 Å². The molecule has 128 valence electrons. The number of rotatable bonds is 4. The molecule has 0 aliphatic heterocycles. The van der Waals surface area contributed by atoms with Crippen molar-refractivity contribution in [2.75, 3.05) is 10.6 Å². The Morgan fingerprint density at radius 1 is 1.00 bits per heavy atom. The fourth-order valence-electron chi connectivity index (χ4n) is 1.96. The zero-order valence-corrected chi connectivity index (χ0v) is 12.7. The Morgan fingerprint density at radius 2 is 1.68 bits per heavy atom. The maximum absolute atomic E-state index is 12.7. The number of carbonyl (C=O) groups excluding carboxylic acids is 2. The highest BCUT2D eigenvalue weighted by atomic mass is 19.4. The van der Waals surface area contributed by atoms with Crippen molar-refractivity contribution >= 4 is 23.2 Å². The van der Waals surface area contributed by atoms with Gasteiger partial charge in [0.1, 0.15) is 6.42 Å². The third-order valence-corrected chi connectivity index (χ3v) is 3.12. The predicted octanol–water partition coefficient (Wildman–Crippen LogP) is 3.81. The highest BCUT2D eigenvalue weighted by molar-refractivity contribution is 6.04. The van der Waals surface area contributed by atoms with Crippen LogP contribution in [0.2, 0.25) is 0 Å². The smallest absolute Gasteiger partial charge is 0.325 e. The monoisotopic (exact) mass is 347 g/mol. The SMILES string of the molecule is N#CCC(=O)Nc1ccc(C(=O)Nc2cccc(C(F)(F)F)c2)cc1. The van der Waals surface area contributed by atoms with E-state index in [1.165, 1.54) is 36.4 Å². The number of nitrogens with zero attached hydrogens (tertiary/aromatic N) is 1. The third kappa shape index (κ3) is 5.07. The molecule has 0 saturated heterocycles. The molecule has 2 aromatic rings. The van der Waals surface area contributed by atoms with Gasteiger partial charge < -0.3 is 10.6 Å². The molecule has 8 heteroatoms. The van der Waals surface area contributed by atoms with Crippen LogP contribution in [0.15, 0.2) is 48.5 Å². The summed E-state index contributed by atoms with van der Waals surface area (Å²) >= 11 is 0. The van der Waals surface area contributed by atoms with E-state index in [0.717, 1.165) is 12.1 Å². The molecule has 0 aromatic heterocycles. The minimum atomic E-state index is -4.50. The van der Waals surface area contributed by atoms with Gasteiger partial charge >= 0.3 is 6.18 Å². The molecule has 0 aliphatic carbocycles. The highest BCUT2D eigenvalue weighted by Gasteiger charge is 2.30. The fraction of sp³-hybridized carbons (Fsp3) is 0.118. The second-order valence-corrected chi connectivity index (χ2v) is 4.99. The van der Waals surface area contributed by atoms with Gasteiger partial charge in [-0.15, -0.1) is 0 Å². The van der Waals surface area contributed by atoms with Gasteiger partial charge in [-0.3, -0.25) is 9.59 Å². The minimum Gasteiger partial charge on any atom is -0.325 e.